The molecule has 0 atom stereocenters. The minimum Gasteiger partial charge on any atom is -0.236 e. The second-order valence-electron chi connectivity index (χ2n) is 7.07. The minimum absolute atomic E-state index is 0.218. The summed E-state index contributed by atoms with van der Waals surface area (Å²) in [4.78, 5) is 0. The number of para-hydroxylation sites is 1. The Morgan fingerprint density at radius 2 is 1.63 bits per heavy atom. The molecule has 0 unspecified atom stereocenters. The van der Waals surface area contributed by atoms with Crippen LogP contribution in [0.1, 0.15) is 45.5 Å². The second-order valence-corrected chi connectivity index (χ2v) is 7.07. The number of hydrogen-bond donors (Lipinski definition) is 0. The Hall–Kier alpha value is -1.57. The lowest BCUT2D eigenvalue weighted by Crippen LogP contribution is -2.36. The van der Waals surface area contributed by atoms with E-state index < -0.39 is 0 Å². The highest BCUT2D eigenvalue weighted by atomic mass is 15.2. The molecule has 100 valence electrons. The van der Waals surface area contributed by atoms with E-state index in [0.717, 1.165) is 0 Å². The van der Waals surface area contributed by atoms with Crippen molar-refractivity contribution in [2.45, 2.75) is 44.9 Å². The predicted molar refractivity (Wildman–Crippen MR) is 77.6 cm³/mol. The van der Waals surface area contributed by atoms with Crippen molar-refractivity contribution < 1.29 is 4.57 Å². The van der Waals surface area contributed by atoms with E-state index in [9.17, 15) is 0 Å². The number of imidazole rings is 1. The summed E-state index contributed by atoms with van der Waals surface area (Å²) in [5, 5.41) is 0. The zero-order valence-electron chi connectivity index (χ0n) is 12.6. The van der Waals surface area contributed by atoms with Crippen LogP contribution in [0.3, 0.4) is 0 Å². The van der Waals surface area contributed by atoms with E-state index in [-0.39, 0.29) is 10.8 Å². The Morgan fingerprint density at radius 3 is 2.26 bits per heavy atom. The molecule has 2 aromatic rings. The lowest BCUT2D eigenvalue weighted by molar-refractivity contribution is -0.681. The molecule has 19 heavy (non-hydrogen) atoms. The molecule has 2 nitrogen and oxygen atoms in total. The Morgan fingerprint density at radius 1 is 1.00 bits per heavy atom. The maximum Gasteiger partial charge on any atom is 0.249 e. The topological polar surface area (TPSA) is 8.81 Å². The molecule has 0 saturated heterocycles. The Bertz CT molecular complexity index is 618. The maximum atomic E-state index is 2.37. The quantitative estimate of drug-likeness (QED) is 0.692. The summed E-state index contributed by atoms with van der Waals surface area (Å²) in [6.45, 7) is 9.44. The standard InChI is InChI=1S/C17H23N2/c1-16(2)11-17(3,4)15-14(16)18(5)12-19(15)13-9-7-6-8-10-13/h6-10,12H,11H2,1-5H3/q+1. The van der Waals surface area contributed by atoms with Gasteiger partial charge in [0.15, 0.2) is 11.4 Å². The van der Waals surface area contributed by atoms with Gasteiger partial charge in [0.05, 0.1) is 7.05 Å². The molecule has 1 aliphatic carbocycles. The first-order valence-electron chi connectivity index (χ1n) is 7.00. The Labute approximate surface area is 115 Å². The lowest BCUT2D eigenvalue weighted by Gasteiger charge is -2.21. The lowest BCUT2D eigenvalue weighted by atomic mass is 9.82. The van der Waals surface area contributed by atoms with E-state index in [2.05, 4.69) is 80.5 Å². The van der Waals surface area contributed by atoms with Gasteiger partial charge in [0, 0.05) is 10.8 Å². The highest BCUT2D eigenvalue weighted by Crippen LogP contribution is 2.48. The van der Waals surface area contributed by atoms with Crippen LogP contribution >= 0.6 is 0 Å². The molecule has 1 aromatic heterocycles. The van der Waals surface area contributed by atoms with Crippen molar-refractivity contribution in [1.29, 1.82) is 0 Å². The summed E-state index contributed by atoms with van der Waals surface area (Å²) in [5.74, 6) is 0. The fourth-order valence-corrected chi connectivity index (χ4v) is 4.07. The van der Waals surface area contributed by atoms with Gasteiger partial charge < -0.3 is 0 Å². The van der Waals surface area contributed by atoms with Crippen LogP contribution in [0, 0.1) is 0 Å². The number of benzene rings is 1. The average Bonchev–Trinajstić information content (AvgIpc) is 2.76. The average molecular weight is 255 g/mol. The summed E-state index contributed by atoms with van der Waals surface area (Å²) in [6.07, 6.45) is 3.43. The summed E-state index contributed by atoms with van der Waals surface area (Å²) in [7, 11) is 2.17. The van der Waals surface area contributed by atoms with Gasteiger partial charge in [0.2, 0.25) is 6.33 Å². The Balaban J connectivity index is 2.30. The van der Waals surface area contributed by atoms with Crippen molar-refractivity contribution in [3.05, 3.63) is 48.0 Å². The van der Waals surface area contributed by atoms with Crippen LogP contribution in [-0.2, 0) is 17.9 Å². The summed E-state index contributed by atoms with van der Waals surface area (Å²) < 4.78 is 4.67. The van der Waals surface area contributed by atoms with Crippen LogP contribution in [0.2, 0.25) is 0 Å². The molecule has 0 spiro atoms. The van der Waals surface area contributed by atoms with E-state index in [1.54, 1.807) is 0 Å². The van der Waals surface area contributed by atoms with Crippen LogP contribution in [-0.4, -0.2) is 4.57 Å². The normalized spacial score (nSPS) is 19.4. The molecule has 0 amide bonds. The zero-order valence-corrected chi connectivity index (χ0v) is 12.6. The van der Waals surface area contributed by atoms with Gasteiger partial charge in [-0.25, -0.2) is 4.57 Å². The molecule has 1 heterocycles. The minimum atomic E-state index is 0.218. The third-order valence-electron chi connectivity index (χ3n) is 4.31. The van der Waals surface area contributed by atoms with Crippen LogP contribution in [0.25, 0.3) is 5.69 Å². The number of rotatable bonds is 1. The van der Waals surface area contributed by atoms with Gasteiger partial charge in [-0.3, -0.25) is 0 Å². The van der Waals surface area contributed by atoms with Gasteiger partial charge in [-0.2, -0.15) is 4.57 Å². The fraction of sp³-hybridized carbons (Fsp3) is 0.471. The van der Waals surface area contributed by atoms with E-state index in [1.807, 2.05) is 0 Å². The Kier molecular flexibility index (Phi) is 2.44. The third kappa shape index (κ3) is 1.73. The summed E-state index contributed by atoms with van der Waals surface area (Å²) in [6, 6.07) is 10.6. The van der Waals surface area contributed by atoms with Crippen LogP contribution in [0.15, 0.2) is 36.7 Å². The molecule has 0 N–H and O–H groups in total. The summed E-state index contributed by atoms with van der Waals surface area (Å²) >= 11 is 0. The largest absolute Gasteiger partial charge is 0.249 e. The van der Waals surface area contributed by atoms with Crippen molar-refractivity contribution in [1.82, 2.24) is 4.57 Å². The van der Waals surface area contributed by atoms with Gasteiger partial charge >= 0.3 is 0 Å². The number of nitrogens with zero attached hydrogens (tertiary/aromatic N) is 2. The summed E-state index contributed by atoms with van der Waals surface area (Å²) in [5.41, 5.74) is 4.65. The molecule has 0 radical (unpaired) electrons. The molecule has 0 bridgehead atoms. The zero-order chi connectivity index (χ0) is 13.8. The molecular weight excluding hydrogens is 232 g/mol. The smallest absolute Gasteiger partial charge is 0.236 e. The highest BCUT2D eigenvalue weighted by Gasteiger charge is 2.51. The SMILES string of the molecule is C[n+]1cn(-c2ccccc2)c2c1C(C)(C)CC2(C)C. The van der Waals surface area contributed by atoms with Crippen molar-refractivity contribution in [3.8, 4) is 5.69 Å². The molecule has 0 saturated carbocycles. The highest BCUT2D eigenvalue weighted by molar-refractivity contribution is 5.41. The first-order valence-corrected chi connectivity index (χ1v) is 7.00. The van der Waals surface area contributed by atoms with E-state index in [1.165, 1.54) is 23.5 Å². The third-order valence-corrected chi connectivity index (χ3v) is 4.31. The van der Waals surface area contributed by atoms with Gasteiger partial charge in [-0.1, -0.05) is 45.9 Å². The number of fused-ring (bicyclic) bond motifs is 1. The van der Waals surface area contributed by atoms with Gasteiger partial charge in [-0.15, -0.1) is 0 Å². The van der Waals surface area contributed by atoms with Crippen molar-refractivity contribution >= 4 is 0 Å². The van der Waals surface area contributed by atoms with E-state index >= 15 is 0 Å². The molecule has 0 aliphatic heterocycles. The maximum absolute atomic E-state index is 2.37. The monoisotopic (exact) mass is 255 g/mol. The van der Waals surface area contributed by atoms with Gasteiger partial charge in [-0.05, 0) is 18.6 Å². The van der Waals surface area contributed by atoms with Crippen molar-refractivity contribution in [3.63, 3.8) is 0 Å². The van der Waals surface area contributed by atoms with Crippen molar-refractivity contribution in [2.75, 3.05) is 0 Å². The van der Waals surface area contributed by atoms with Crippen LogP contribution in [0.4, 0.5) is 0 Å². The molecular formula is C17H23N2+. The first-order chi connectivity index (χ1) is 8.83. The molecule has 2 heteroatoms. The fourth-order valence-electron chi connectivity index (χ4n) is 4.07. The number of hydrogen-bond acceptors (Lipinski definition) is 0. The first kappa shape index (κ1) is 12.5. The molecule has 0 fully saturated rings. The predicted octanol–water partition coefficient (Wildman–Crippen LogP) is 3.26. The van der Waals surface area contributed by atoms with Crippen LogP contribution < -0.4 is 4.57 Å². The van der Waals surface area contributed by atoms with E-state index in [0.29, 0.717) is 0 Å². The number of aromatic nitrogens is 2. The molecule has 1 aromatic carbocycles. The van der Waals surface area contributed by atoms with Gasteiger partial charge in [0.25, 0.3) is 0 Å². The molecule has 3 rings (SSSR count). The van der Waals surface area contributed by atoms with Crippen LogP contribution in [0.5, 0.6) is 0 Å². The van der Waals surface area contributed by atoms with Gasteiger partial charge in [0.1, 0.15) is 5.69 Å². The number of aryl methyl sites for hydroxylation is 1. The molecule has 1 aliphatic rings. The van der Waals surface area contributed by atoms with E-state index in [4.69, 9.17) is 0 Å². The van der Waals surface area contributed by atoms with Crippen molar-refractivity contribution in [2.24, 2.45) is 7.05 Å². The second kappa shape index (κ2) is 3.72.